The molecule has 0 bridgehead atoms. The zero-order valence-corrected chi connectivity index (χ0v) is 11.3. The third kappa shape index (κ3) is 4.09. The summed E-state index contributed by atoms with van der Waals surface area (Å²) in [5.74, 6) is 0. The van der Waals surface area contributed by atoms with Gasteiger partial charge in [0.05, 0.1) is 12.2 Å². The van der Waals surface area contributed by atoms with Crippen LogP contribution in [0.15, 0.2) is 12.1 Å². The number of aliphatic hydroxyl groups excluding tert-OH is 1. The Labute approximate surface area is 108 Å². The molecule has 1 N–H and O–H groups in total. The van der Waals surface area contributed by atoms with Crippen LogP contribution in [0.1, 0.15) is 42.4 Å². The van der Waals surface area contributed by atoms with Gasteiger partial charge in [-0.15, -0.1) is 11.3 Å². The number of ether oxygens (including phenoxy) is 1. The van der Waals surface area contributed by atoms with Gasteiger partial charge in [0.1, 0.15) is 0 Å². The predicted octanol–water partition coefficient (Wildman–Crippen LogP) is 3.17. The summed E-state index contributed by atoms with van der Waals surface area (Å²) in [7, 11) is 0. The van der Waals surface area contributed by atoms with E-state index in [4.69, 9.17) is 4.74 Å². The average molecular weight is 254 g/mol. The van der Waals surface area contributed by atoms with Crippen molar-refractivity contribution in [3.63, 3.8) is 0 Å². The Morgan fingerprint density at radius 3 is 2.88 bits per heavy atom. The largest absolute Gasteiger partial charge is 0.393 e. The van der Waals surface area contributed by atoms with Crippen molar-refractivity contribution in [2.24, 2.45) is 0 Å². The van der Waals surface area contributed by atoms with Gasteiger partial charge in [0, 0.05) is 22.8 Å². The van der Waals surface area contributed by atoms with Crippen LogP contribution in [0.3, 0.4) is 0 Å². The molecule has 2 nitrogen and oxygen atoms in total. The molecule has 2 unspecified atom stereocenters. The van der Waals surface area contributed by atoms with Crippen molar-refractivity contribution in [1.82, 2.24) is 0 Å². The Morgan fingerprint density at radius 2 is 2.24 bits per heavy atom. The van der Waals surface area contributed by atoms with Crippen LogP contribution in [0, 0.1) is 0 Å². The number of aliphatic hydroxyl groups is 1. The molecule has 3 heteroatoms. The maximum Gasteiger partial charge on any atom is 0.0613 e. The number of hydrogen-bond donors (Lipinski definition) is 1. The summed E-state index contributed by atoms with van der Waals surface area (Å²) >= 11 is 1.82. The minimum atomic E-state index is -0.249. The highest BCUT2D eigenvalue weighted by Crippen LogP contribution is 2.22. The minimum absolute atomic E-state index is 0.249. The van der Waals surface area contributed by atoms with E-state index < -0.39 is 0 Å². The zero-order chi connectivity index (χ0) is 12.1. The van der Waals surface area contributed by atoms with E-state index in [1.807, 2.05) is 11.3 Å². The van der Waals surface area contributed by atoms with Crippen LogP contribution >= 0.6 is 11.3 Å². The lowest BCUT2D eigenvalue weighted by molar-refractivity contribution is -0.0146. The lowest BCUT2D eigenvalue weighted by Crippen LogP contribution is -2.25. The van der Waals surface area contributed by atoms with Gasteiger partial charge in [-0.25, -0.2) is 0 Å². The Balaban J connectivity index is 1.77. The van der Waals surface area contributed by atoms with E-state index in [9.17, 15) is 5.11 Å². The third-order valence-electron chi connectivity index (χ3n) is 3.31. The molecule has 1 fully saturated rings. The summed E-state index contributed by atoms with van der Waals surface area (Å²) in [6, 6.07) is 4.32. The summed E-state index contributed by atoms with van der Waals surface area (Å²) in [4.78, 5) is 2.70. The molecule has 0 amide bonds. The Kier molecular flexibility index (Phi) is 5.01. The van der Waals surface area contributed by atoms with Gasteiger partial charge in [0.2, 0.25) is 0 Å². The number of thiophene rings is 1. The van der Waals surface area contributed by atoms with Crippen molar-refractivity contribution in [3.05, 3.63) is 21.9 Å². The molecular weight excluding hydrogens is 232 g/mol. The van der Waals surface area contributed by atoms with Gasteiger partial charge in [0.25, 0.3) is 0 Å². The smallest absolute Gasteiger partial charge is 0.0613 e. The maximum atomic E-state index is 10.1. The maximum absolute atomic E-state index is 10.1. The van der Waals surface area contributed by atoms with Crippen molar-refractivity contribution in [2.75, 3.05) is 6.61 Å². The molecule has 1 saturated heterocycles. The van der Waals surface area contributed by atoms with E-state index in [0.29, 0.717) is 0 Å². The van der Waals surface area contributed by atoms with Crippen molar-refractivity contribution in [2.45, 2.75) is 57.7 Å². The second-order valence-electron chi connectivity index (χ2n) is 4.80. The molecule has 0 aromatic carbocycles. The molecule has 1 aromatic rings. The number of hydrogen-bond acceptors (Lipinski definition) is 3. The third-order valence-corrected chi connectivity index (χ3v) is 4.56. The van der Waals surface area contributed by atoms with Gasteiger partial charge in [-0.3, -0.25) is 0 Å². The van der Waals surface area contributed by atoms with E-state index in [1.165, 1.54) is 22.6 Å². The highest BCUT2D eigenvalue weighted by Gasteiger charge is 2.18. The summed E-state index contributed by atoms with van der Waals surface area (Å²) in [6.07, 6.45) is 6.23. The van der Waals surface area contributed by atoms with Crippen LogP contribution in [0.4, 0.5) is 0 Å². The van der Waals surface area contributed by atoms with Crippen molar-refractivity contribution in [1.29, 1.82) is 0 Å². The molecule has 0 saturated carbocycles. The lowest BCUT2D eigenvalue weighted by atomic mass is 10.0. The van der Waals surface area contributed by atoms with Gasteiger partial charge in [-0.05, 0) is 44.2 Å². The van der Waals surface area contributed by atoms with E-state index >= 15 is 0 Å². The molecule has 2 rings (SSSR count). The molecule has 1 aliphatic rings. The lowest BCUT2D eigenvalue weighted by Gasteiger charge is -2.24. The Hall–Kier alpha value is -0.380. The van der Waals surface area contributed by atoms with Crippen LogP contribution in [-0.2, 0) is 17.6 Å². The molecule has 96 valence electrons. The first-order valence-electron chi connectivity index (χ1n) is 6.65. The number of aryl methyl sites for hydroxylation is 1. The molecule has 1 aromatic heterocycles. The Morgan fingerprint density at radius 1 is 1.41 bits per heavy atom. The summed E-state index contributed by atoms with van der Waals surface area (Å²) in [5, 5.41) is 10.1. The zero-order valence-electron chi connectivity index (χ0n) is 10.5. The second kappa shape index (κ2) is 6.53. The molecular formula is C14H22O2S. The van der Waals surface area contributed by atoms with E-state index in [1.54, 1.807) is 0 Å². The van der Waals surface area contributed by atoms with Crippen LogP contribution in [-0.4, -0.2) is 23.9 Å². The van der Waals surface area contributed by atoms with E-state index in [0.717, 1.165) is 32.3 Å². The monoisotopic (exact) mass is 254 g/mol. The first-order chi connectivity index (χ1) is 8.28. The van der Waals surface area contributed by atoms with Gasteiger partial charge >= 0.3 is 0 Å². The highest BCUT2D eigenvalue weighted by atomic mass is 32.1. The van der Waals surface area contributed by atoms with Crippen LogP contribution in [0.2, 0.25) is 0 Å². The van der Waals surface area contributed by atoms with Crippen LogP contribution < -0.4 is 0 Å². The molecule has 2 atom stereocenters. The molecule has 0 spiro atoms. The summed E-state index contributed by atoms with van der Waals surface area (Å²) < 4.78 is 5.66. The van der Waals surface area contributed by atoms with Crippen molar-refractivity contribution < 1.29 is 9.84 Å². The molecule has 17 heavy (non-hydrogen) atoms. The standard InChI is InChI=1S/C14H22O2S/c1-2-13-6-7-14(17-13)10-11(15)9-12-5-3-4-8-16-12/h6-7,11-12,15H,2-5,8-10H2,1H3. The SMILES string of the molecule is CCc1ccc(CC(O)CC2CCCCO2)s1. The van der Waals surface area contributed by atoms with Crippen molar-refractivity contribution in [3.8, 4) is 0 Å². The Bertz CT molecular complexity index is 329. The quantitative estimate of drug-likeness (QED) is 0.874. The van der Waals surface area contributed by atoms with E-state index in [2.05, 4.69) is 19.1 Å². The molecule has 2 heterocycles. The number of rotatable bonds is 5. The van der Waals surface area contributed by atoms with Crippen molar-refractivity contribution >= 4 is 11.3 Å². The fraction of sp³-hybridized carbons (Fsp3) is 0.714. The molecule has 0 radical (unpaired) electrons. The van der Waals surface area contributed by atoms with Crippen LogP contribution in [0.5, 0.6) is 0 Å². The first-order valence-corrected chi connectivity index (χ1v) is 7.47. The summed E-state index contributed by atoms with van der Waals surface area (Å²) in [6.45, 7) is 3.04. The van der Waals surface area contributed by atoms with Gasteiger partial charge < -0.3 is 9.84 Å². The normalized spacial score (nSPS) is 22.6. The van der Waals surface area contributed by atoms with Gasteiger partial charge in [-0.2, -0.15) is 0 Å². The van der Waals surface area contributed by atoms with Gasteiger partial charge in [0.15, 0.2) is 0 Å². The fourth-order valence-corrected chi connectivity index (χ4v) is 3.36. The fourth-order valence-electron chi connectivity index (χ4n) is 2.33. The average Bonchev–Trinajstić information content (AvgIpc) is 2.78. The van der Waals surface area contributed by atoms with Gasteiger partial charge in [-0.1, -0.05) is 6.92 Å². The summed E-state index contributed by atoms with van der Waals surface area (Å²) in [5.41, 5.74) is 0. The molecule has 0 aliphatic carbocycles. The van der Waals surface area contributed by atoms with Crippen LogP contribution in [0.25, 0.3) is 0 Å². The topological polar surface area (TPSA) is 29.5 Å². The highest BCUT2D eigenvalue weighted by molar-refractivity contribution is 7.11. The first kappa shape index (κ1) is 13.1. The predicted molar refractivity (Wildman–Crippen MR) is 71.6 cm³/mol. The second-order valence-corrected chi connectivity index (χ2v) is 6.06. The van der Waals surface area contributed by atoms with E-state index in [-0.39, 0.29) is 12.2 Å². The molecule has 1 aliphatic heterocycles. The minimum Gasteiger partial charge on any atom is -0.393 e.